The maximum atomic E-state index is 13.8. The molecule has 5 aromatic carbocycles. The van der Waals surface area contributed by atoms with Crippen LogP contribution in [0.15, 0.2) is 109 Å². The number of amides is 1. The van der Waals surface area contributed by atoms with E-state index in [4.69, 9.17) is 37.9 Å². The number of fused-ring (bicyclic) bond motifs is 1. The molecule has 15 nitrogen and oxygen atoms in total. The molecule has 4 unspecified atom stereocenters. The fourth-order valence-electron chi connectivity index (χ4n) is 7.22. The van der Waals surface area contributed by atoms with E-state index < -0.39 is 29.5 Å². The zero-order chi connectivity index (χ0) is 43.0. The Morgan fingerprint density at radius 3 is 2.21 bits per heavy atom. The largest absolute Gasteiger partial charge is 0.496 e. The van der Waals surface area contributed by atoms with Gasteiger partial charge in [0.1, 0.15) is 35.7 Å². The van der Waals surface area contributed by atoms with Gasteiger partial charge in [-0.2, -0.15) is 0 Å². The molecule has 0 saturated carbocycles. The number of hydrogen-bond acceptors (Lipinski definition) is 13. The minimum Gasteiger partial charge on any atom is -0.496 e. The summed E-state index contributed by atoms with van der Waals surface area (Å²) >= 11 is 0. The maximum absolute atomic E-state index is 13.8. The lowest BCUT2D eigenvalue weighted by molar-refractivity contribution is -0.763. The molecule has 5 aromatic rings. The van der Waals surface area contributed by atoms with Crippen LogP contribution in [0.25, 0.3) is 10.8 Å². The second kappa shape index (κ2) is 22.6. The van der Waals surface area contributed by atoms with Crippen molar-refractivity contribution in [3.63, 3.8) is 0 Å². The molecule has 1 saturated heterocycles. The van der Waals surface area contributed by atoms with E-state index in [9.17, 15) is 20.0 Å². The SMILES string of the molecule is COCC(O)COC1CN(C(=O)Oc2ccc(CO[N+](=O)[O-])cc2)CC(OCc2cc(OC)c3ccccc3c2)C1c1ccc(OCCCOCc2ccccc2OC)cc1. The Kier molecular flexibility index (Phi) is 16.5. The van der Waals surface area contributed by atoms with Crippen molar-refractivity contribution in [1.82, 2.24) is 4.90 Å². The predicted octanol–water partition coefficient (Wildman–Crippen LogP) is 7.13. The third-order valence-corrected chi connectivity index (χ3v) is 10.2. The van der Waals surface area contributed by atoms with E-state index >= 15 is 0 Å². The van der Waals surface area contributed by atoms with Crippen molar-refractivity contribution in [2.24, 2.45) is 0 Å². The number of para-hydroxylation sites is 1. The fourth-order valence-corrected chi connectivity index (χ4v) is 7.22. The summed E-state index contributed by atoms with van der Waals surface area (Å²) in [6.45, 7) is 1.63. The molecular formula is C46H52N2O13. The van der Waals surface area contributed by atoms with Crippen molar-refractivity contribution in [2.45, 2.75) is 50.5 Å². The van der Waals surface area contributed by atoms with Gasteiger partial charge in [0.2, 0.25) is 0 Å². The first-order chi connectivity index (χ1) is 29.7. The van der Waals surface area contributed by atoms with Gasteiger partial charge in [0.15, 0.2) is 0 Å². The Morgan fingerprint density at radius 1 is 0.770 bits per heavy atom. The standard InChI is InChI=1S/C46H52N2O13/c1-53-30-37(49)31-59-44-26-47(46(50)61-39-17-13-32(14-18-39)28-60-48(51)52)25-43(58-27-33-23-35-9-4-6-11-40(35)42(24-33)55-3)45(44)34-15-19-38(20-16-34)57-22-8-21-56-29-36-10-5-7-12-41(36)54-2/h4-7,9-20,23-24,37,43-45,49H,8,21-22,25-31H2,1-3H3. The van der Waals surface area contributed by atoms with Gasteiger partial charge in [-0.1, -0.05) is 66.7 Å². The van der Waals surface area contributed by atoms with Crippen LogP contribution in [-0.2, 0) is 43.6 Å². The normalized spacial score (nSPS) is 16.8. The lowest BCUT2D eigenvalue weighted by Gasteiger charge is -2.43. The number of carbonyl (C=O) groups excluding carboxylic acids is 1. The third kappa shape index (κ3) is 12.8. The van der Waals surface area contributed by atoms with Gasteiger partial charge in [0, 0.05) is 30.4 Å². The Labute approximate surface area is 354 Å². The molecule has 1 N–H and O–H groups in total. The number of hydrogen-bond donors (Lipinski definition) is 1. The first kappa shape index (κ1) is 44.6. The fraction of sp³-hybridized carbons (Fsp3) is 0.370. The lowest BCUT2D eigenvalue weighted by Crippen LogP contribution is -2.55. The highest BCUT2D eigenvalue weighted by Gasteiger charge is 2.42. The molecule has 0 spiro atoms. The average molecular weight is 841 g/mol. The van der Waals surface area contributed by atoms with Crippen molar-refractivity contribution in [3.8, 4) is 23.0 Å². The van der Waals surface area contributed by atoms with E-state index in [1.54, 1.807) is 26.4 Å². The number of carbonyl (C=O) groups is 1. The van der Waals surface area contributed by atoms with Crippen LogP contribution >= 0.6 is 0 Å². The van der Waals surface area contributed by atoms with E-state index in [-0.39, 0.29) is 51.2 Å². The molecule has 0 bridgehead atoms. The average Bonchev–Trinajstić information content (AvgIpc) is 3.28. The second-order valence-corrected chi connectivity index (χ2v) is 14.4. The molecule has 0 aromatic heterocycles. The van der Waals surface area contributed by atoms with Gasteiger partial charge in [-0.25, -0.2) is 4.79 Å². The number of benzene rings is 5. The second-order valence-electron chi connectivity index (χ2n) is 14.4. The summed E-state index contributed by atoms with van der Waals surface area (Å²) in [5.74, 6) is 2.03. The van der Waals surface area contributed by atoms with Crippen molar-refractivity contribution in [3.05, 3.63) is 142 Å². The maximum Gasteiger partial charge on any atom is 0.415 e. The molecule has 324 valence electrons. The van der Waals surface area contributed by atoms with Crippen LogP contribution in [0.4, 0.5) is 4.79 Å². The molecule has 4 atom stereocenters. The molecule has 0 radical (unpaired) electrons. The molecule has 1 amide bonds. The van der Waals surface area contributed by atoms with Crippen LogP contribution in [0.2, 0.25) is 0 Å². The highest BCUT2D eigenvalue weighted by molar-refractivity contribution is 5.89. The topological polar surface area (TPSA) is 167 Å². The van der Waals surface area contributed by atoms with Crippen LogP contribution in [0.3, 0.4) is 0 Å². The quantitative estimate of drug-likeness (QED) is 0.0425. The van der Waals surface area contributed by atoms with E-state index in [0.717, 1.165) is 33.2 Å². The van der Waals surface area contributed by atoms with E-state index in [1.165, 1.54) is 24.1 Å². The summed E-state index contributed by atoms with van der Waals surface area (Å²) in [6, 6.07) is 33.6. The van der Waals surface area contributed by atoms with Gasteiger partial charge in [0.25, 0.3) is 5.09 Å². The summed E-state index contributed by atoms with van der Waals surface area (Å²) in [4.78, 5) is 30.4. The number of piperidine rings is 1. The van der Waals surface area contributed by atoms with E-state index in [2.05, 4.69) is 4.84 Å². The number of aliphatic hydroxyl groups is 1. The first-order valence-electron chi connectivity index (χ1n) is 20.0. The molecule has 15 heteroatoms. The highest BCUT2D eigenvalue weighted by Crippen LogP contribution is 2.36. The van der Waals surface area contributed by atoms with Gasteiger partial charge in [-0.05, 0) is 64.5 Å². The summed E-state index contributed by atoms with van der Waals surface area (Å²) in [7, 11) is 4.77. The molecule has 1 heterocycles. The van der Waals surface area contributed by atoms with Gasteiger partial charge >= 0.3 is 6.09 Å². The number of likely N-dealkylation sites (tertiary alicyclic amines) is 1. The van der Waals surface area contributed by atoms with Gasteiger partial charge < -0.3 is 52.7 Å². The van der Waals surface area contributed by atoms with Crippen LogP contribution < -0.4 is 18.9 Å². The van der Waals surface area contributed by atoms with Crippen LogP contribution in [0.1, 0.15) is 34.6 Å². The van der Waals surface area contributed by atoms with Crippen molar-refractivity contribution < 1.29 is 57.7 Å². The number of rotatable bonds is 22. The van der Waals surface area contributed by atoms with Crippen molar-refractivity contribution in [2.75, 3.05) is 60.8 Å². The lowest BCUT2D eigenvalue weighted by atomic mass is 9.84. The number of aliphatic hydroxyl groups excluding tert-OH is 1. The summed E-state index contributed by atoms with van der Waals surface area (Å²) in [5.41, 5.74) is 3.28. The van der Waals surface area contributed by atoms with Gasteiger partial charge in [0.05, 0.1) is 79.2 Å². The Hall–Kier alpha value is -5.97. The monoisotopic (exact) mass is 840 g/mol. The van der Waals surface area contributed by atoms with Crippen molar-refractivity contribution in [1.29, 1.82) is 0 Å². The molecule has 61 heavy (non-hydrogen) atoms. The third-order valence-electron chi connectivity index (χ3n) is 10.2. The zero-order valence-electron chi connectivity index (χ0n) is 34.5. The van der Waals surface area contributed by atoms with Crippen molar-refractivity contribution >= 4 is 16.9 Å². The summed E-state index contributed by atoms with van der Waals surface area (Å²) in [5, 5.41) is 22.4. The molecular weight excluding hydrogens is 789 g/mol. The zero-order valence-corrected chi connectivity index (χ0v) is 34.5. The summed E-state index contributed by atoms with van der Waals surface area (Å²) < 4.78 is 47.2. The number of methoxy groups -OCH3 is 3. The van der Waals surface area contributed by atoms with E-state index in [1.807, 2.05) is 84.9 Å². The summed E-state index contributed by atoms with van der Waals surface area (Å²) in [6.07, 6.45) is -2.11. The molecule has 0 aliphatic carbocycles. The minimum absolute atomic E-state index is 0.0551. The van der Waals surface area contributed by atoms with Crippen LogP contribution in [0.5, 0.6) is 23.0 Å². The molecule has 1 fully saturated rings. The Balaban J connectivity index is 1.19. The Bertz CT molecular complexity index is 2150. The molecule has 6 rings (SSSR count). The molecule has 1 aliphatic rings. The first-order valence-corrected chi connectivity index (χ1v) is 20.0. The van der Waals surface area contributed by atoms with Crippen LogP contribution in [-0.4, -0.2) is 100 Å². The highest BCUT2D eigenvalue weighted by atomic mass is 16.9. The predicted molar refractivity (Wildman–Crippen MR) is 224 cm³/mol. The van der Waals surface area contributed by atoms with E-state index in [0.29, 0.717) is 43.3 Å². The Morgan fingerprint density at radius 2 is 1.48 bits per heavy atom. The molecule has 1 aliphatic heterocycles. The van der Waals surface area contributed by atoms with Crippen LogP contribution in [0, 0.1) is 10.1 Å². The van der Waals surface area contributed by atoms with Gasteiger partial charge in [-0.15, -0.1) is 10.1 Å². The minimum atomic E-state index is -0.912. The number of ether oxygens (including phenoxy) is 8. The number of nitrogens with zero attached hydrogens (tertiary/aromatic N) is 2. The smallest absolute Gasteiger partial charge is 0.415 e. The van der Waals surface area contributed by atoms with Gasteiger partial charge in [-0.3, -0.25) is 0 Å².